The van der Waals surface area contributed by atoms with Crippen LogP contribution in [0.3, 0.4) is 0 Å². The molecule has 7 unspecified atom stereocenters. The second-order valence-corrected chi connectivity index (χ2v) is 18.6. The van der Waals surface area contributed by atoms with Gasteiger partial charge < -0.3 is 45.1 Å². The molecule has 1 saturated heterocycles. The van der Waals surface area contributed by atoms with Gasteiger partial charge in [0.2, 0.25) is 5.91 Å². The van der Waals surface area contributed by atoms with E-state index in [0.29, 0.717) is 25.9 Å². The van der Waals surface area contributed by atoms with Crippen molar-refractivity contribution in [1.29, 1.82) is 0 Å². The lowest BCUT2D eigenvalue weighted by molar-refractivity contribution is -0.302. The molecule has 0 aromatic heterocycles. The number of aliphatic hydroxyl groups is 5. The topological polar surface area (TPSA) is 175 Å². The van der Waals surface area contributed by atoms with E-state index in [1.165, 1.54) is 89.9 Å². The third-order valence-corrected chi connectivity index (χ3v) is 12.3. The number of carbonyl (C=O) groups excluding carboxylic acids is 2. The van der Waals surface area contributed by atoms with Crippen molar-refractivity contribution >= 4 is 11.9 Å². The summed E-state index contributed by atoms with van der Waals surface area (Å²) in [5, 5.41) is 54.0. The van der Waals surface area contributed by atoms with Crippen LogP contribution >= 0.6 is 0 Å². The van der Waals surface area contributed by atoms with Gasteiger partial charge in [0.15, 0.2) is 6.29 Å². The summed E-state index contributed by atoms with van der Waals surface area (Å²) >= 11 is 0. The third-order valence-electron chi connectivity index (χ3n) is 12.3. The molecule has 1 amide bonds. The standard InChI is InChI=1S/C58H99NO10/c1-3-5-7-9-11-13-14-15-16-17-18-19-20-23-26-30-34-38-42-46-54(63)67-47-43-39-35-31-27-24-21-22-25-29-33-37-41-45-53(62)59-50(51(61)44-40-36-32-28-12-10-8-6-4-2)49-68-58-57(66)56(65)55(64)52(48-60)69-58/h4,6,11-13,15-16,22,25,28,33,37,40,44,50-52,55-58,60-61,64-66H,3,5,7-10,14,17-21,23-24,26-27,29-32,34-36,38-39,41-43,45-49H2,1-2H3,(H,59,62)/b6-4+,13-11-,16-15-,25-22-,28-12+,37-33-,44-40+. The lowest BCUT2D eigenvalue weighted by Crippen LogP contribution is -2.60. The number of hydrogen-bond acceptors (Lipinski definition) is 10. The minimum absolute atomic E-state index is 0.0468. The summed E-state index contributed by atoms with van der Waals surface area (Å²) in [4.78, 5) is 25.0. The second kappa shape index (κ2) is 47.2. The molecule has 1 aliphatic heterocycles. The maximum Gasteiger partial charge on any atom is 0.305 e. The third kappa shape index (κ3) is 37.3. The first-order valence-corrected chi connectivity index (χ1v) is 27.3. The Bertz CT molecular complexity index is 1420. The van der Waals surface area contributed by atoms with Crippen LogP contribution in [0.15, 0.2) is 85.1 Å². The van der Waals surface area contributed by atoms with Crippen molar-refractivity contribution in [3.63, 3.8) is 0 Å². The van der Waals surface area contributed by atoms with Crippen molar-refractivity contribution in [3.05, 3.63) is 85.1 Å². The number of ether oxygens (including phenoxy) is 3. The number of unbranched alkanes of at least 4 members (excludes halogenated alkanes) is 20. The Hall–Kier alpha value is -3.16. The van der Waals surface area contributed by atoms with E-state index in [1.54, 1.807) is 6.08 Å². The highest BCUT2D eigenvalue weighted by molar-refractivity contribution is 5.76. The fraction of sp³-hybridized carbons (Fsp3) is 0.724. The Morgan fingerprint density at radius 3 is 1.62 bits per heavy atom. The SMILES string of the molecule is C/C=C/CC/C=C/CC/C=C/C(O)C(COC1OC(CO)C(O)C(O)C1O)NC(=O)CC/C=C\C/C=C\CCCCCCCCOC(=O)CCCCCCCCCCC/C=C\C/C=C\CCCCC. The molecule has 1 rings (SSSR count). The Balaban J connectivity index is 2.12. The van der Waals surface area contributed by atoms with E-state index in [1.807, 2.05) is 31.2 Å². The largest absolute Gasteiger partial charge is 0.466 e. The van der Waals surface area contributed by atoms with Crippen LogP contribution in [0.25, 0.3) is 0 Å². The average molecular weight is 970 g/mol. The molecule has 0 saturated carbocycles. The highest BCUT2D eigenvalue weighted by Gasteiger charge is 2.44. The van der Waals surface area contributed by atoms with Crippen LogP contribution in [-0.2, 0) is 23.8 Å². The van der Waals surface area contributed by atoms with Crippen LogP contribution in [0.1, 0.15) is 206 Å². The summed E-state index contributed by atoms with van der Waals surface area (Å²) in [5.41, 5.74) is 0. The van der Waals surface area contributed by atoms with Crippen LogP contribution in [0.2, 0.25) is 0 Å². The number of hydrogen-bond donors (Lipinski definition) is 6. The Labute approximate surface area is 419 Å². The predicted molar refractivity (Wildman–Crippen MR) is 282 cm³/mol. The van der Waals surface area contributed by atoms with Gasteiger partial charge in [-0.2, -0.15) is 0 Å². The average Bonchev–Trinajstić information content (AvgIpc) is 3.34. The van der Waals surface area contributed by atoms with Crippen LogP contribution in [0.5, 0.6) is 0 Å². The van der Waals surface area contributed by atoms with Gasteiger partial charge >= 0.3 is 5.97 Å². The molecule has 11 heteroatoms. The van der Waals surface area contributed by atoms with Crippen molar-refractivity contribution in [2.75, 3.05) is 19.8 Å². The molecule has 0 bridgehead atoms. The van der Waals surface area contributed by atoms with Crippen molar-refractivity contribution in [3.8, 4) is 0 Å². The van der Waals surface area contributed by atoms with E-state index >= 15 is 0 Å². The first kappa shape index (κ1) is 63.9. The zero-order valence-electron chi connectivity index (χ0n) is 43.2. The van der Waals surface area contributed by atoms with Crippen molar-refractivity contribution in [2.45, 2.75) is 249 Å². The number of carbonyl (C=O) groups is 2. The molecule has 0 aliphatic carbocycles. The Kier molecular flexibility index (Phi) is 43.7. The molecule has 0 radical (unpaired) electrons. The van der Waals surface area contributed by atoms with E-state index < -0.39 is 49.5 Å². The molecule has 0 spiro atoms. The molecule has 1 aliphatic rings. The maximum absolute atomic E-state index is 12.9. The van der Waals surface area contributed by atoms with Gasteiger partial charge in [0.25, 0.3) is 0 Å². The van der Waals surface area contributed by atoms with Crippen LogP contribution in [0, 0.1) is 0 Å². The molecule has 7 atom stereocenters. The van der Waals surface area contributed by atoms with Gasteiger partial charge in [0, 0.05) is 12.8 Å². The predicted octanol–water partition coefficient (Wildman–Crippen LogP) is 11.8. The lowest BCUT2D eigenvalue weighted by atomic mass is 9.99. The summed E-state index contributed by atoms with van der Waals surface area (Å²) in [7, 11) is 0. The van der Waals surface area contributed by atoms with E-state index in [-0.39, 0.29) is 24.9 Å². The Morgan fingerprint density at radius 1 is 0.565 bits per heavy atom. The normalized spacial score (nSPS) is 20.0. The molecular formula is C58H99NO10. The molecule has 396 valence electrons. The smallest absolute Gasteiger partial charge is 0.305 e. The number of amides is 1. The highest BCUT2D eigenvalue weighted by atomic mass is 16.7. The van der Waals surface area contributed by atoms with Gasteiger partial charge in [-0.25, -0.2) is 0 Å². The van der Waals surface area contributed by atoms with Crippen molar-refractivity contribution in [2.24, 2.45) is 0 Å². The van der Waals surface area contributed by atoms with Gasteiger partial charge in [-0.15, -0.1) is 0 Å². The zero-order valence-corrected chi connectivity index (χ0v) is 43.2. The molecule has 69 heavy (non-hydrogen) atoms. The van der Waals surface area contributed by atoms with E-state index in [9.17, 15) is 35.1 Å². The minimum Gasteiger partial charge on any atom is -0.466 e. The molecule has 1 heterocycles. The highest BCUT2D eigenvalue weighted by Crippen LogP contribution is 2.22. The van der Waals surface area contributed by atoms with Crippen LogP contribution in [-0.4, -0.2) is 100 Å². The second-order valence-electron chi connectivity index (χ2n) is 18.6. The van der Waals surface area contributed by atoms with E-state index in [0.717, 1.165) is 77.0 Å². The van der Waals surface area contributed by atoms with Crippen molar-refractivity contribution < 1.29 is 49.3 Å². The fourth-order valence-corrected chi connectivity index (χ4v) is 7.90. The molecule has 1 fully saturated rings. The van der Waals surface area contributed by atoms with Gasteiger partial charge in [0.1, 0.15) is 24.4 Å². The summed E-state index contributed by atoms with van der Waals surface area (Å²) in [5.74, 6) is -0.330. The monoisotopic (exact) mass is 970 g/mol. The summed E-state index contributed by atoms with van der Waals surface area (Å²) in [6, 6.07) is -0.879. The molecule has 0 aromatic rings. The van der Waals surface area contributed by atoms with E-state index in [2.05, 4.69) is 66.9 Å². The molecule has 0 aromatic carbocycles. The summed E-state index contributed by atoms with van der Waals surface area (Å²) in [6.45, 7) is 3.94. The number of allylic oxidation sites excluding steroid dienone is 13. The first-order chi connectivity index (χ1) is 33.7. The quantitative estimate of drug-likeness (QED) is 0.0196. The summed E-state index contributed by atoms with van der Waals surface area (Å²) in [6.07, 6.45) is 52.9. The van der Waals surface area contributed by atoms with Crippen LogP contribution < -0.4 is 5.32 Å². The summed E-state index contributed by atoms with van der Waals surface area (Å²) < 4.78 is 16.6. The van der Waals surface area contributed by atoms with E-state index in [4.69, 9.17) is 14.2 Å². The van der Waals surface area contributed by atoms with Gasteiger partial charge in [0.05, 0.1) is 32.0 Å². The lowest BCUT2D eigenvalue weighted by Gasteiger charge is -2.40. The number of nitrogens with one attached hydrogen (secondary N) is 1. The number of aliphatic hydroxyl groups excluding tert-OH is 5. The molecule has 6 N–H and O–H groups in total. The van der Waals surface area contributed by atoms with Gasteiger partial charge in [-0.1, -0.05) is 175 Å². The maximum atomic E-state index is 12.9. The number of esters is 1. The zero-order chi connectivity index (χ0) is 50.3. The first-order valence-electron chi connectivity index (χ1n) is 27.3. The van der Waals surface area contributed by atoms with Gasteiger partial charge in [-0.05, 0) is 103 Å². The fourth-order valence-electron chi connectivity index (χ4n) is 7.90. The van der Waals surface area contributed by atoms with Gasteiger partial charge in [-0.3, -0.25) is 9.59 Å². The minimum atomic E-state index is -1.60. The molecule has 11 nitrogen and oxygen atoms in total. The number of rotatable bonds is 45. The molecular weight excluding hydrogens is 871 g/mol. The Morgan fingerprint density at radius 2 is 1.06 bits per heavy atom. The van der Waals surface area contributed by atoms with Crippen molar-refractivity contribution in [1.82, 2.24) is 5.32 Å². The van der Waals surface area contributed by atoms with Crippen LogP contribution in [0.4, 0.5) is 0 Å².